The zero-order valence-electron chi connectivity index (χ0n) is 17.6. The molecule has 9 nitrogen and oxygen atoms in total. The van der Waals surface area contributed by atoms with Crippen LogP contribution in [0.15, 0.2) is 10.7 Å². The standard InChI is InChI=1S/C20H28N6O3/c1-11(2)18(28)26-8-14-6-15(22-17(27)16-9-25(5)23-12(16)3)7-20(14,10-26)19-21-13(4)24-29-19/h9,11,14-15H,6-8,10H2,1-5H3,(H,22,27)/t14-,15+,20-/m0/s1. The lowest BCUT2D eigenvalue weighted by atomic mass is 9.80. The van der Waals surface area contributed by atoms with Gasteiger partial charge in [0, 0.05) is 38.3 Å². The van der Waals surface area contributed by atoms with Gasteiger partial charge in [-0.25, -0.2) is 0 Å². The van der Waals surface area contributed by atoms with Gasteiger partial charge in [0.05, 0.1) is 16.7 Å². The van der Waals surface area contributed by atoms with Crippen LogP contribution in [0.1, 0.15) is 54.5 Å². The molecule has 2 aliphatic rings. The molecule has 1 N–H and O–H groups in total. The van der Waals surface area contributed by atoms with Crippen LogP contribution in [-0.2, 0) is 17.3 Å². The van der Waals surface area contributed by atoms with E-state index < -0.39 is 5.41 Å². The number of aryl methyl sites for hydroxylation is 3. The summed E-state index contributed by atoms with van der Waals surface area (Å²) < 4.78 is 7.22. The number of rotatable bonds is 4. The van der Waals surface area contributed by atoms with Crippen molar-refractivity contribution in [2.45, 2.75) is 52.0 Å². The molecule has 0 radical (unpaired) electrons. The Kier molecular flexibility index (Phi) is 4.71. The molecule has 1 aliphatic heterocycles. The summed E-state index contributed by atoms with van der Waals surface area (Å²) in [6.07, 6.45) is 3.18. The zero-order valence-corrected chi connectivity index (χ0v) is 17.6. The summed E-state index contributed by atoms with van der Waals surface area (Å²) in [6.45, 7) is 8.66. The maximum Gasteiger partial charge on any atom is 0.254 e. The van der Waals surface area contributed by atoms with E-state index in [0.717, 1.165) is 6.42 Å². The van der Waals surface area contributed by atoms with E-state index in [1.807, 2.05) is 25.7 Å². The van der Waals surface area contributed by atoms with Crippen molar-refractivity contribution in [2.24, 2.45) is 18.9 Å². The number of hydrogen-bond donors (Lipinski definition) is 1. The summed E-state index contributed by atoms with van der Waals surface area (Å²) in [6, 6.07) is -0.0179. The van der Waals surface area contributed by atoms with Gasteiger partial charge < -0.3 is 14.7 Å². The SMILES string of the molecule is Cc1noc([C@]23C[C@H](NC(=O)c4cn(C)nc4C)C[C@H]2CN(C(=O)C(C)C)C3)n1. The molecule has 0 bridgehead atoms. The average molecular weight is 400 g/mol. The highest BCUT2D eigenvalue weighted by Crippen LogP contribution is 2.50. The molecule has 0 unspecified atom stereocenters. The summed E-state index contributed by atoms with van der Waals surface area (Å²) in [5.41, 5.74) is 0.885. The molecule has 1 aliphatic carbocycles. The number of carbonyl (C=O) groups is 2. The van der Waals surface area contributed by atoms with E-state index in [9.17, 15) is 9.59 Å². The van der Waals surface area contributed by atoms with E-state index in [2.05, 4.69) is 20.6 Å². The zero-order chi connectivity index (χ0) is 20.9. The number of nitrogens with zero attached hydrogens (tertiary/aromatic N) is 5. The number of amides is 2. The number of likely N-dealkylation sites (tertiary alicyclic amines) is 1. The van der Waals surface area contributed by atoms with Gasteiger partial charge in [0.25, 0.3) is 5.91 Å². The Morgan fingerprint density at radius 3 is 2.69 bits per heavy atom. The quantitative estimate of drug-likeness (QED) is 0.831. The van der Waals surface area contributed by atoms with Gasteiger partial charge >= 0.3 is 0 Å². The summed E-state index contributed by atoms with van der Waals surface area (Å²) >= 11 is 0. The summed E-state index contributed by atoms with van der Waals surface area (Å²) in [4.78, 5) is 31.8. The Morgan fingerprint density at radius 2 is 2.10 bits per heavy atom. The lowest BCUT2D eigenvalue weighted by Crippen LogP contribution is -2.40. The summed E-state index contributed by atoms with van der Waals surface area (Å²) in [5, 5.41) is 11.4. The molecule has 3 heterocycles. The predicted octanol–water partition coefficient (Wildman–Crippen LogP) is 1.36. The van der Waals surface area contributed by atoms with Crippen LogP contribution in [0, 0.1) is 25.7 Å². The molecule has 1 saturated heterocycles. The van der Waals surface area contributed by atoms with E-state index in [0.29, 0.717) is 42.5 Å². The van der Waals surface area contributed by atoms with Crippen molar-refractivity contribution in [1.29, 1.82) is 0 Å². The topological polar surface area (TPSA) is 106 Å². The number of nitrogens with one attached hydrogen (secondary N) is 1. The van der Waals surface area contributed by atoms with E-state index in [1.54, 1.807) is 24.9 Å². The van der Waals surface area contributed by atoms with Gasteiger partial charge in [0.1, 0.15) is 0 Å². The summed E-state index contributed by atoms with van der Waals surface area (Å²) in [7, 11) is 1.80. The molecule has 29 heavy (non-hydrogen) atoms. The Hall–Kier alpha value is -2.71. The Balaban J connectivity index is 1.56. The van der Waals surface area contributed by atoms with Crippen molar-refractivity contribution >= 4 is 11.8 Å². The normalized spacial score (nSPS) is 26.2. The third-order valence-electron chi connectivity index (χ3n) is 6.23. The molecule has 4 rings (SSSR count). The fraction of sp³-hybridized carbons (Fsp3) is 0.650. The molecular weight excluding hydrogens is 372 g/mol. The van der Waals surface area contributed by atoms with Crippen LogP contribution in [0.3, 0.4) is 0 Å². The van der Waals surface area contributed by atoms with Gasteiger partial charge in [0.2, 0.25) is 11.8 Å². The third-order valence-corrected chi connectivity index (χ3v) is 6.23. The second-order valence-corrected chi connectivity index (χ2v) is 8.79. The molecule has 3 atom stereocenters. The Bertz CT molecular complexity index is 948. The van der Waals surface area contributed by atoms with E-state index >= 15 is 0 Å². The molecule has 2 fully saturated rings. The summed E-state index contributed by atoms with van der Waals surface area (Å²) in [5.74, 6) is 1.30. The molecule has 2 aromatic rings. The minimum Gasteiger partial charge on any atom is -0.349 e. The van der Waals surface area contributed by atoms with Crippen molar-refractivity contribution < 1.29 is 14.1 Å². The van der Waals surface area contributed by atoms with Gasteiger partial charge in [-0.15, -0.1) is 0 Å². The minimum absolute atomic E-state index is 0.0179. The first kappa shape index (κ1) is 19.6. The van der Waals surface area contributed by atoms with E-state index in [1.165, 1.54) is 0 Å². The molecule has 156 valence electrons. The number of aromatic nitrogens is 4. The van der Waals surface area contributed by atoms with Gasteiger partial charge in [-0.3, -0.25) is 14.3 Å². The monoisotopic (exact) mass is 400 g/mol. The van der Waals surface area contributed by atoms with Gasteiger partial charge in [-0.1, -0.05) is 19.0 Å². The predicted molar refractivity (Wildman–Crippen MR) is 104 cm³/mol. The first-order valence-corrected chi connectivity index (χ1v) is 10.1. The van der Waals surface area contributed by atoms with Crippen molar-refractivity contribution in [1.82, 2.24) is 30.1 Å². The van der Waals surface area contributed by atoms with Crippen molar-refractivity contribution in [3.05, 3.63) is 29.2 Å². The van der Waals surface area contributed by atoms with E-state index in [-0.39, 0.29) is 29.7 Å². The largest absolute Gasteiger partial charge is 0.349 e. The van der Waals surface area contributed by atoms with Crippen molar-refractivity contribution in [3.8, 4) is 0 Å². The van der Waals surface area contributed by atoms with Crippen molar-refractivity contribution in [2.75, 3.05) is 13.1 Å². The lowest BCUT2D eigenvalue weighted by molar-refractivity contribution is -0.133. The lowest BCUT2D eigenvalue weighted by Gasteiger charge is -2.26. The molecule has 0 spiro atoms. The fourth-order valence-electron chi connectivity index (χ4n) is 4.93. The second-order valence-electron chi connectivity index (χ2n) is 8.79. The highest BCUT2D eigenvalue weighted by atomic mass is 16.5. The first-order chi connectivity index (χ1) is 13.7. The highest BCUT2D eigenvalue weighted by molar-refractivity contribution is 5.95. The second kappa shape index (κ2) is 6.96. The maximum atomic E-state index is 12.8. The van der Waals surface area contributed by atoms with Crippen LogP contribution < -0.4 is 5.32 Å². The number of fused-ring (bicyclic) bond motifs is 1. The van der Waals surface area contributed by atoms with Crippen LogP contribution in [0.2, 0.25) is 0 Å². The number of carbonyl (C=O) groups excluding carboxylic acids is 2. The smallest absolute Gasteiger partial charge is 0.254 e. The first-order valence-electron chi connectivity index (χ1n) is 10.1. The van der Waals surface area contributed by atoms with Crippen LogP contribution in [0.4, 0.5) is 0 Å². The van der Waals surface area contributed by atoms with Crippen LogP contribution >= 0.6 is 0 Å². The molecular formula is C20H28N6O3. The Morgan fingerprint density at radius 1 is 1.34 bits per heavy atom. The Labute approximate surface area is 169 Å². The van der Waals surface area contributed by atoms with Gasteiger partial charge in [-0.2, -0.15) is 10.1 Å². The van der Waals surface area contributed by atoms with Gasteiger partial charge in [0.15, 0.2) is 5.82 Å². The van der Waals surface area contributed by atoms with Crippen LogP contribution in [0.5, 0.6) is 0 Å². The molecule has 0 aromatic carbocycles. The molecule has 2 aromatic heterocycles. The van der Waals surface area contributed by atoms with Crippen molar-refractivity contribution in [3.63, 3.8) is 0 Å². The number of hydrogen-bond acceptors (Lipinski definition) is 6. The van der Waals surface area contributed by atoms with Crippen LogP contribution in [0.25, 0.3) is 0 Å². The highest BCUT2D eigenvalue weighted by Gasteiger charge is 2.58. The maximum absolute atomic E-state index is 12.8. The fourth-order valence-corrected chi connectivity index (χ4v) is 4.93. The minimum atomic E-state index is -0.409. The van der Waals surface area contributed by atoms with Crippen LogP contribution in [-0.4, -0.2) is 55.8 Å². The third kappa shape index (κ3) is 3.32. The molecule has 2 amide bonds. The molecule has 9 heteroatoms. The molecule has 1 saturated carbocycles. The van der Waals surface area contributed by atoms with Gasteiger partial charge in [-0.05, 0) is 32.6 Å². The average Bonchev–Trinajstić information content (AvgIpc) is 3.36. The van der Waals surface area contributed by atoms with E-state index in [4.69, 9.17) is 4.52 Å².